The van der Waals surface area contributed by atoms with Gasteiger partial charge in [-0.2, -0.15) is 21.9 Å². The number of phenolic OH excluding ortho intramolecular Hbond substituents is 1. The third-order valence-electron chi connectivity index (χ3n) is 11.0. The molecule has 0 atom stereocenters. The first-order chi connectivity index (χ1) is 35.6. The fourth-order valence-electron chi connectivity index (χ4n) is 7.36. The molecule has 8 N–H and O–H groups in total. The Balaban J connectivity index is 0.931. The highest BCUT2D eigenvalue weighted by Gasteiger charge is 2.32. The highest BCUT2D eigenvalue weighted by Crippen LogP contribution is 2.27. The van der Waals surface area contributed by atoms with Crippen LogP contribution in [-0.4, -0.2) is 107 Å². The molecule has 3 aliphatic carbocycles. The summed E-state index contributed by atoms with van der Waals surface area (Å²) in [5, 5.41) is 26.2. The summed E-state index contributed by atoms with van der Waals surface area (Å²) in [5.41, 5.74) is 6.96. The predicted molar refractivity (Wildman–Crippen MR) is 280 cm³/mol. The Hall–Kier alpha value is -9.06. The first-order valence-corrected chi connectivity index (χ1v) is 28.1. The smallest absolute Gasteiger partial charge is 0.297 e. The molecule has 0 bridgehead atoms. The van der Waals surface area contributed by atoms with Crippen LogP contribution in [0.5, 0.6) is 5.75 Å². The number of phenols is 1. The molecule has 0 unspecified atom stereocenters. The zero-order chi connectivity index (χ0) is 55.1. The molecular weight excluding hydrogens is 1070 g/mol. The van der Waals surface area contributed by atoms with Crippen LogP contribution < -0.4 is 47.8 Å². The van der Waals surface area contributed by atoms with Crippen molar-refractivity contribution in [2.45, 2.75) is 4.90 Å². The van der Waals surface area contributed by atoms with Gasteiger partial charge in [-0.15, -0.1) is 10.2 Å². The van der Waals surface area contributed by atoms with Gasteiger partial charge in [0, 0.05) is 45.5 Å². The number of sulfone groups is 2. The standard InChI is InChI=1S/C48H36N8O16S4/c1-73(63,64)33-15-17-39(57)37(23-33)53-55-43-41(59)19-27-7-13-31(21-35(27)45(43)75(67,68)69)49-47(61)25-3-9-29(10-4-25)51-52-30-11-5-26(6-12-30)48(62)50-32-14-8-28-20-42(60)44(46(36(28)22-32)76(70,71)72)56-54-38-24-34(74(2,65)66)16-18-40(38)58/h3-24,51-53,57H,1-2H3,(H,49,61)(H,50,62)(H,67,68,69)(H,70,71,72)/b54-38?,55-43+,56-44+. The molecular formula is C48H36N8O16S4. The molecule has 76 heavy (non-hydrogen) atoms. The van der Waals surface area contributed by atoms with Gasteiger partial charge in [-0.1, -0.05) is 12.1 Å². The number of anilines is 5. The van der Waals surface area contributed by atoms with Gasteiger partial charge >= 0.3 is 0 Å². The quantitative estimate of drug-likeness (QED) is 0.0330. The maximum atomic E-state index is 13.3. The molecule has 5 aromatic carbocycles. The number of rotatable bonds is 14. The number of ketones is 3. The minimum absolute atomic E-state index is 0.0303. The number of hydrogen-bond donors (Lipinski definition) is 8. The van der Waals surface area contributed by atoms with Crippen molar-refractivity contribution < 1.29 is 71.9 Å². The molecule has 0 aliphatic heterocycles. The highest BCUT2D eigenvalue weighted by atomic mass is 32.2. The minimum atomic E-state index is -5.22. The van der Waals surface area contributed by atoms with Crippen molar-refractivity contribution in [3.63, 3.8) is 0 Å². The maximum absolute atomic E-state index is 13.3. The summed E-state index contributed by atoms with van der Waals surface area (Å²) in [6.07, 6.45) is 6.64. The SMILES string of the molecule is CS(=O)(=O)C1=CC(=N/N=C2\C(=O)C=c3ccc(NC(=O)c4ccc(NNc5ccc(C(=O)Nc6ccc7c(c6)=C(S(=O)(=O)O)/C(=N/Nc6cc(S(C)(=O)=O)ccc6O)C(=O)C=7)cc5)cc4)cc3=C2S(=O)(=O)O)C(=O)C=C1. The van der Waals surface area contributed by atoms with E-state index in [1.807, 2.05) is 0 Å². The number of nitrogens with one attached hydrogen (secondary N) is 5. The second-order valence-electron chi connectivity index (χ2n) is 16.5. The predicted octanol–water partition coefficient (Wildman–Crippen LogP) is 0.790. The van der Waals surface area contributed by atoms with Gasteiger partial charge < -0.3 is 26.6 Å². The van der Waals surface area contributed by atoms with E-state index in [1.165, 1.54) is 60.7 Å². The normalized spacial score (nSPS) is 16.3. The second-order valence-corrected chi connectivity index (χ2v) is 23.3. The van der Waals surface area contributed by atoms with Crippen LogP contribution in [-0.2, 0) is 54.3 Å². The number of hydrazone groups is 1. The lowest BCUT2D eigenvalue weighted by Gasteiger charge is -2.14. The lowest BCUT2D eigenvalue weighted by molar-refractivity contribution is -0.109. The van der Waals surface area contributed by atoms with Crippen molar-refractivity contribution in [3.05, 3.63) is 158 Å². The van der Waals surface area contributed by atoms with Gasteiger partial charge in [0.05, 0.1) is 26.9 Å². The maximum Gasteiger partial charge on any atom is 0.297 e. The van der Waals surface area contributed by atoms with Gasteiger partial charge in [0.25, 0.3) is 32.1 Å². The molecule has 0 aromatic heterocycles. The van der Waals surface area contributed by atoms with Crippen molar-refractivity contribution in [1.29, 1.82) is 0 Å². The molecule has 0 heterocycles. The lowest BCUT2D eigenvalue weighted by atomic mass is 10.0. The fourth-order valence-corrected chi connectivity index (χ4v) is 10.3. The van der Waals surface area contributed by atoms with Gasteiger partial charge in [-0.25, -0.2) is 16.8 Å². The van der Waals surface area contributed by atoms with Crippen molar-refractivity contribution in [2.24, 2.45) is 15.3 Å². The van der Waals surface area contributed by atoms with E-state index in [2.05, 4.69) is 42.2 Å². The van der Waals surface area contributed by atoms with E-state index in [1.54, 1.807) is 24.3 Å². The van der Waals surface area contributed by atoms with Gasteiger partial charge in [0.1, 0.15) is 21.3 Å². The third kappa shape index (κ3) is 11.8. The van der Waals surface area contributed by atoms with Crippen LogP contribution in [0.25, 0.3) is 22.0 Å². The largest absolute Gasteiger partial charge is 0.506 e. The molecule has 5 aromatic rings. The summed E-state index contributed by atoms with van der Waals surface area (Å²) in [6.45, 7) is 0. The number of benzene rings is 5. The molecule has 0 radical (unpaired) electrons. The van der Waals surface area contributed by atoms with Gasteiger partial charge in [0.2, 0.25) is 17.3 Å². The van der Waals surface area contributed by atoms with Crippen molar-refractivity contribution in [2.75, 3.05) is 39.4 Å². The number of hydrazine groups is 1. The molecule has 3 aliphatic rings. The molecule has 0 saturated carbocycles. The number of fused-ring (bicyclic) bond motifs is 2. The van der Waals surface area contributed by atoms with E-state index in [-0.39, 0.29) is 58.9 Å². The molecule has 388 valence electrons. The Morgan fingerprint density at radius 3 is 1.46 bits per heavy atom. The van der Waals surface area contributed by atoms with Gasteiger partial charge in [-0.3, -0.25) is 38.5 Å². The van der Waals surface area contributed by atoms with Crippen molar-refractivity contribution in [3.8, 4) is 5.75 Å². The topological polar surface area (TPSA) is 380 Å². The summed E-state index contributed by atoms with van der Waals surface area (Å²) in [4.78, 5) is 62.7. The number of carbonyl (C=O) groups is 5. The Bertz CT molecular complexity index is 4340. The van der Waals surface area contributed by atoms with Crippen molar-refractivity contribution >= 4 is 137 Å². The Kier molecular flexibility index (Phi) is 14.2. The van der Waals surface area contributed by atoms with E-state index >= 15 is 0 Å². The van der Waals surface area contributed by atoms with E-state index < -0.39 is 102 Å². The summed E-state index contributed by atoms with van der Waals surface area (Å²) in [7, 11) is -17.9. The minimum Gasteiger partial charge on any atom is -0.506 e. The number of amides is 2. The molecule has 0 spiro atoms. The number of allylic oxidation sites excluding steroid dienone is 3. The molecule has 2 amide bonds. The van der Waals surface area contributed by atoms with Gasteiger partial charge in [-0.05, 0) is 132 Å². The summed E-state index contributed by atoms with van der Waals surface area (Å²) in [6, 6.07) is 22.9. The average molecular weight is 1110 g/mol. The average Bonchev–Trinajstić information content (AvgIpc) is 3.34. The van der Waals surface area contributed by atoms with Crippen LogP contribution in [0.2, 0.25) is 0 Å². The lowest BCUT2D eigenvalue weighted by Crippen LogP contribution is -2.40. The van der Waals surface area contributed by atoms with E-state index in [4.69, 9.17) is 0 Å². The third-order valence-corrected chi connectivity index (χ3v) is 15.1. The van der Waals surface area contributed by atoms with Crippen LogP contribution in [0.15, 0.2) is 146 Å². The zero-order valence-corrected chi connectivity index (χ0v) is 42.1. The Morgan fingerprint density at radius 2 is 0.987 bits per heavy atom. The Morgan fingerprint density at radius 1 is 0.513 bits per heavy atom. The summed E-state index contributed by atoms with van der Waals surface area (Å²) >= 11 is 0. The van der Waals surface area contributed by atoms with Crippen LogP contribution >= 0.6 is 0 Å². The summed E-state index contributed by atoms with van der Waals surface area (Å²) < 4.78 is 119. The molecule has 8 rings (SSSR count). The number of hydrogen-bond acceptors (Lipinski definition) is 20. The van der Waals surface area contributed by atoms with Crippen LogP contribution in [0.1, 0.15) is 20.7 Å². The highest BCUT2D eigenvalue weighted by molar-refractivity contribution is 7.97. The first-order valence-electron chi connectivity index (χ1n) is 21.4. The molecule has 0 saturated heterocycles. The second kappa shape index (κ2) is 20.3. The van der Waals surface area contributed by atoms with Crippen LogP contribution in [0.4, 0.5) is 28.4 Å². The van der Waals surface area contributed by atoms with E-state index in [0.29, 0.717) is 11.4 Å². The molecule has 28 heteroatoms. The Labute approximate surface area is 430 Å². The molecule has 0 fully saturated rings. The fraction of sp³-hybridized carbons (Fsp3) is 0.0417. The van der Waals surface area contributed by atoms with Crippen LogP contribution in [0, 0.1) is 0 Å². The van der Waals surface area contributed by atoms with Gasteiger partial charge in [0.15, 0.2) is 31.1 Å². The monoisotopic (exact) mass is 1110 g/mol. The first kappa shape index (κ1) is 53.2. The molecule has 24 nitrogen and oxygen atoms in total. The number of Topliss-reactive ketones (excluding diaryl/α,β-unsaturated/α-hetero) is 2. The summed E-state index contributed by atoms with van der Waals surface area (Å²) in [5.74, 6) is -4.55. The van der Waals surface area contributed by atoms with E-state index in [9.17, 15) is 71.9 Å². The van der Waals surface area contributed by atoms with E-state index in [0.717, 1.165) is 61.1 Å². The number of aromatic hydroxyl groups is 1. The van der Waals surface area contributed by atoms with Crippen molar-refractivity contribution in [1.82, 2.24) is 0 Å². The number of carbonyl (C=O) groups excluding carboxylic acids is 5. The zero-order valence-electron chi connectivity index (χ0n) is 38.8. The van der Waals surface area contributed by atoms with Crippen LogP contribution in [0.3, 0.4) is 0 Å². The number of nitrogens with zero attached hydrogens (tertiary/aromatic N) is 3.